The molecule has 2 N–H and O–H groups in total. The summed E-state index contributed by atoms with van der Waals surface area (Å²) in [5.74, 6) is 0.197. The number of amides is 1. The highest BCUT2D eigenvalue weighted by Crippen LogP contribution is 2.31. The van der Waals surface area contributed by atoms with Crippen LogP contribution in [0.1, 0.15) is 28.4 Å². The van der Waals surface area contributed by atoms with Gasteiger partial charge in [0.25, 0.3) is 5.91 Å². The van der Waals surface area contributed by atoms with Crippen molar-refractivity contribution in [2.24, 2.45) is 0 Å². The minimum absolute atomic E-state index is 0.266. The van der Waals surface area contributed by atoms with Gasteiger partial charge < -0.3 is 24.6 Å². The van der Waals surface area contributed by atoms with Gasteiger partial charge in [0, 0.05) is 5.56 Å². The summed E-state index contributed by atoms with van der Waals surface area (Å²) in [5, 5.41) is 12.0. The first-order valence-corrected chi connectivity index (χ1v) is 7.87. The molecule has 7 heteroatoms. The van der Waals surface area contributed by atoms with Crippen molar-refractivity contribution in [2.75, 3.05) is 21.3 Å². The third kappa shape index (κ3) is 4.66. The van der Waals surface area contributed by atoms with E-state index in [1.165, 1.54) is 21.3 Å². The number of aliphatic carboxylic acids is 1. The van der Waals surface area contributed by atoms with Crippen LogP contribution in [0.15, 0.2) is 42.5 Å². The van der Waals surface area contributed by atoms with Crippen LogP contribution in [0.5, 0.6) is 17.2 Å². The standard InChI is InChI=1S/C19H21NO6/c1-24-14-7-4-12(5-8-14)19(23)20-15(11-18(21)22)13-6-9-16(25-2)17(10-13)26-3/h4-10,15H,11H2,1-3H3,(H,20,23)(H,21,22). The number of carbonyl (C=O) groups excluding carboxylic acids is 1. The lowest BCUT2D eigenvalue weighted by molar-refractivity contribution is -0.137. The molecule has 0 aliphatic rings. The molecule has 0 aliphatic heterocycles. The van der Waals surface area contributed by atoms with Crippen molar-refractivity contribution in [1.29, 1.82) is 0 Å². The zero-order valence-electron chi connectivity index (χ0n) is 14.8. The fourth-order valence-electron chi connectivity index (χ4n) is 2.48. The number of benzene rings is 2. The molecule has 0 bridgehead atoms. The maximum atomic E-state index is 12.5. The van der Waals surface area contributed by atoms with Gasteiger partial charge in [-0.25, -0.2) is 0 Å². The van der Waals surface area contributed by atoms with E-state index in [-0.39, 0.29) is 12.3 Å². The van der Waals surface area contributed by atoms with Crippen LogP contribution in [-0.2, 0) is 4.79 Å². The molecule has 2 rings (SSSR count). The lowest BCUT2D eigenvalue weighted by Crippen LogP contribution is -2.30. The van der Waals surface area contributed by atoms with Gasteiger partial charge in [-0.1, -0.05) is 6.07 Å². The lowest BCUT2D eigenvalue weighted by atomic mass is 10.0. The lowest BCUT2D eigenvalue weighted by Gasteiger charge is -2.19. The van der Waals surface area contributed by atoms with Crippen LogP contribution in [0.2, 0.25) is 0 Å². The van der Waals surface area contributed by atoms with E-state index < -0.39 is 12.0 Å². The molecule has 0 saturated carbocycles. The number of carboxylic acid groups (broad SMARTS) is 1. The molecule has 0 aromatic heterocycles. The maximum Gasteiger partial charge on any atom is 0.305 e. The van der Waals surface area contributed by atoms with Gasteiger partial charge in [0.05, 0.1) is 33.8 Å². The average Bonchev–Trinajstić information content (AvgIpc) is 2.66. The van der Waals surface area contributed by atoms with E-state index in [9.17, 15) is 14.7 Å². The summed E-state index contributed by atoms with van der Waals surface area (Å²) in [6, 6.07) is 10.9. The van der Waals surface area contributed by atoms with E-state index in [0.717, 1.165) is 0 Å². The van der Waals surface area contributed by atoms with E-state index >= 15 is 0 Å². The minimum Gasteiger partial charge on any atom is -0.497 e. The smallest absolute Gasteiger partial charge is 0.305 e. The molecule has 7 nitrogen and oxygen atoms in total. The Labute approximate surface area is 151 Å². The van der Waals surface area contributed by atoms with Crippen molar-refractivity contribution >= 4 is 11.9 Å². The number of ether oxygens (including phenoxy) is 3. The van der Waals surface area contributed by atoms with Gasteiger partial charge in [0.1, 0.15) is 5.75 Å². The van der Waals surface area contributed by atoms with E-state index in [4.69, 9.17) is 14.2 Å². The van der Waals surface area contributed by atoms with E-state index in [1.807, 2.05) is 0 Å². The molecule has 2 aromatic rings. The average molecular weight is 359 g/mol. The van der Waals surface area contributed by atoms with Crippen LogP contribution in [0, 0.1) is 0 Å². The van der Waals surface area contributed by atoms with Crippen molar-refractivity contribution in [2.45, 2.75) is 12.5 Å². The van der Waals surface area contributed by atoms with E-state index in [2.05, 4.69) is 5.32 Å². The normalized spacial score (nSPS) is 11.3. The quantitative estimate of drug-likeness (QED) is 0.753. The zero-order chi connectivity index (χ0) is 19.1. The van der Waals surface area contributed by atoms with Gasteiger partial charge in [-0.05, 0) is 42.0 Å². The Morgan fingerprint density at radius 2 is 1.62 bits per heavy atom. The van der Waals surface area contributed by atoms with Crippen molar-refractivity contribution in [3.8, 4) is 17.2 Å². The molecule has 0 saturated heterocycles. The van der Waals surface area contributed by atoms with Crippen LogP contribution in [0.3, 0.4) is 0 Å². The highest BCUT2D eigenvalue weighted by molar-refractivity contribution is 5.94. The fraction of sp³-hybridized carbons (Fsp3) is 0.263. The second kappa shape index (κ2) is 8.75. The third-order valence-corrected chi connectivity index (χ3v) is 3.85. The van der Waals surface area contributed by atoms with Crippen molar-refractivity contribution < 1.29 is 28.9 Å². The minimum atomic E-state index is -1.03. The van der Waals surface area contributed by atoms with Gasteiger partial charge >= 0.3 is 5.97 Å². The fourth-order valence-corrected chi connectivity index (χ4v) is 2.48. The molecule has 1 unspecified atom stereocenters. The number of hydrogen-bond acceptors (Lipinski definition) is 5. The number of carboxylic acids is 1. The predicted molar refractivity (Wildman–Crippen MR) is 95.0 cm³/mol. The van der Waals surface area contributed by atoms with Gasteiger partial charge in [-0.3, -0.25) is 9.59 Å². The number of rotatable bonds is 8. The molecule has 0 fully saturated rings. The van der Waals surface area contributed by atoms with Crippen molar-refractivity contribution in [1.82, 2.24) is 5.32 Å². The molecule has 0 aliphatic carbocycles. The van der Waals surface area contributed by atoms with Crippen LogP contribution in [0.4, 0.5) is 0 Å². The van der Waals surface area contributed by atoms with E-state index in [0.29, 0.717) is 28.4 Å². The number of methoxy groups -OCH3 is 3. The predicted octanol–water partition coefficient (Wildman–Crippen LogP) is 2.66. The monoisotopic (exact) mass is 359 g/mol. The third-order valence-electron chi connectivity index (χ3n) is 3.85. The Balaban J connectivity index is 2.26. The largest absolute Gasteiger partial charge is 0.497 e. The SMILES string of the molecule is COc1ccc(C(=O)NC(CC(=O)O)c2ccc(OC)c(OC)c2)cc1. The van der Waals surface area contributed by atoms with Gasteiger partial charge in [-0.2, -0.15) is 0 Å². The van der Waals surface area contributed by atoms with Gasteiger partial charge in [-0.15, -0.1) is 0 Å². The van der Waals surface area contributed by atoms with Crippen LogP contribution in [-0.4, -0.2) is 38.3 Å². The summed E-state index contributed by atoms with van der Waals surface area (Å²) in [4.78, 5) is 23.7. The summed E-state index contributed by atoms with van der Waals surface area (Å²) in [6.45, 7) is 0. The van der Waals surface area contributed by atoms with Gasteiger partial charge in [0.15, 0.2) is 11.5 Å². The molecule has 0 heterocycles. The number of nitrogens with one attached hydrogen (secondary N) is 1. The Hall–Kier alpha value is -3.22. The summed E-state index contributed by atoms with van der Waals surface area (Å²) >= 11 is 0. The van der Waals surface area contributed by atoms with Crippen LogP contribution < -0.4 is 19.5 Å². The maximum absolute atomic E-state index is 12.5. The first-order chi connectivity index (χ1) is 12.5. The summed E-state index contributed by atoms with van der Waals surface area (Å²) in [7, 11) is 4.54. The van der Waals surface area contributed by atoms with Crippen molar-refractivity contribution in [3.05, 3.63) is 53.6 Å². The second-order valence-electron chi connectivity index (χ2n) is 5.47. The molecule has 138 valence electrons. The van der Waals surface area contributed by atoms with Crippen molar-refractivity contribution in [3.63, 3.8) is 0 Å². The molecule has 0 spiro atoms. The number of hydrogen-bond donors (Lipinski definition) is 2. The molecule has 0 radical (unpaired) electrons. The van der Waals surface area contributed by atoms with Gasteiger partial charge in [0.2, 0.25) is 0 Å². The zero-order valence-corrected chi connectivity index (χ0v) is 14.8. The first-order valence-electron chi connectivity index (χ1n) is 7.87. The highest BCUT2D eigenvalue weighted by Gasteiger charge is 2.20. The Morgan fingerprint density at radius 1 is 0.962 bits per heavy atom. The number of carbonyl (C=O) groups is 2. The summed E-state index contributed by atoms with van der Waals surface area (Å²) in [6.07, 6.45) is -0.266. The topological polar surface area (TPSA) is 94.1 Å². The highest BCUT2D eigenvalue weighted by atomic mass is 16.5. The van der Waals surface area contributed by atoms with Crippen LogP contribution >= 0.6 is 0 Å². The first kappa shape index (κ1) is 19.1. The second-order valence-corrected chi connectivity index (χ2v) is 5.47. The molecular formula is C19H21NO6. The molecule has 1 atom stereocenters. The Bertz CT molecular complexity index is 772. The van der Waals surface area contributed by atoms with Crippen LogP contribution in [0.25, 0.3) is 0 Å². The Morgan fingerprint density at radius 3 is 2.15 bits per heavy atom. The summed E-state index contributed by atoms with van der Waals surface area (Å²) < 4.78 is 15.5. The Kier molecular flexibility index (Phi) is 6.43. The molecular weight excluding hydrogens is 338 g/mol. The summed E-state index contributed by atoms with van der Waals surface area (Å²) in [5.41, 5.74) is 1.01. The van der Waals surface area contributed by atoms with E-state index in [1.54, 1.807) is 42.5 Å². The molecule has 26 heavy (non-hydrogen) atoms. The molecule has 2 aromatic carbocycles. The molecule has 1 amide bonds.